The second-order valence-electron chi connectivity index (χ2n) is 8.10. The van der Waals surface area contributed by atoms with E-state index < -0.39 is 0 Å². The van der Waals surface area contributed by atoms with E-state index in [4.69, 9.17) is 0 Å². The van der Waals surface area contributed by atoms with Gasteiger partial charge in [0.2, 0.25) is 0 Å². The number of hydrogen-bond acceptors (Lipinski definition) is 4. The number of nitrogens with zero attached hydrogens (tertiary/aromatic N) is 4. The Morgan fingerprint density at radius 2 is 1.81 bits per heavy atom. The minimum absolute atomic E-state index is 0. The topological polar surface area (TPSA) is 39.7 Å². The molecule has 1 amide bonds. The minimum atomic E-state index is 0. The molecule has 0 aliphatic carbocycles. The Morgan fingerprint density at radius 1 is 1.15 bits per heavy atom. The maximum absolute atomic E-state index is 12.8. The highest BCUT2D eigenvalue weighted by Crippen LogP contribution is 2.30. The van der Waals surface area contributed by atoms with Crippen molar-refractivity contribution < 1.29 is 4.79 Å². The van der Waals surface area contributed by atoms with Gasteiger partial charge in [0.25, 0.3) is 5.91 Å². The second-order valence-corrected chi connectivity index (χ2v) is 8.10. The molecule has 0 spiro atoms. The molecule has 0 N–H and O–H groups in total. The number of piperidine rings is 1. The third-order valence-electron chi connectivity index (χ3n) is 5.81. The van der Waals surface area contributed by atoms with Gasteiger partial charge in [-0.2, -0.15) is 0 Å². The SMILES string of the molecule is CC(C)[C@H]1CN(c2cc(C(=O)N3CCCCC3)ccn2)C[C@@H]1N(C)C.Cl.Cl. The van der Waals surface area contributed by atoms with Gasteiger partial charge in [0, 0.05) is 44.0 Å². The van der Waals surface area contributed by atoms with Crippen LogP contribution < -0.4 is 4.90 Å². The van der Waals surface area contributed by atoms with E-state index in [0.717, 1.165) is 50.4 Å². The van der Waals surface area contributed by atoms with Crippen LogP contribution >= 0.6 is 24.8 Å². The molecule has 0 unspecified atom stereocenters. The zero-order chi connectivity index (χ0) is 18.0. The van der Waals surface area contributed by atoms with Crippen LogP contribution in [0, 0.1) is 11.8 Å². The first-order valence-electron chi connectivity index (χ1n) is 9.64. The van der Waals surface area contributed by atoms with Crippen molar-refractivity contribution in [1.29, 1.82) is 0 Å². The predicted molar refractivity (Wildman–Crippen MR) is 117 cm³/mol. The van der Waals surface area contributed by atoms with Gasteiger partial charge in [-0.25, -0.2) is 4.98 Å². The smallest absolute Gasteiger partial charge is 0.254 e. The maximum atomic E-state index is 12.8. The molecule has 0 radical (unpaired) electrons. The van der Waals surface area contributed by atoms with E-state index in [1.165, 1.54) is 6.42 Å². The van der Waals surface area contributed by atoms with Crippen LogP contribution in [0.3, 0.4) is 0 Å². The molecule has 2 aliphatic rings. The highest BCUT2D eigenvalue weighted by Gasteiger charge is 2.36. The van der Waals surface area contributed by atoms with Crippen LogP contribution in [0.5, 0.6) is 0 Å². The van der Waals surface area contributed by atoms with Gasteiger partial charge in [0.15, 0.2) is 0 Å². The van der Waals surface area contributed by atoms with Gasteiger partial charge in [-0.3, -0.25) is 4.79 Å². The van der Waals surface area contributed by atoms with Gasteiger partial charge >= 0.3 is 0 Å². The van der Waals surface area contributed by atoms with E-state index in [-0.39, 0.29) is 30.7 Å². The third-order valence-corrected chi connectivity index (χ3v) is 5.81. The second kappa shape index (κ2) is 10.5. The Kier molecular flexibility index (Phi) is 9.32. The summed E-state index contributed by atoms with van der Waals surface area (Å²) >= 11 is 0. The zero-order valence-electron chi connectivity index (χ0n) is 16.9. The molecule has 3 rings (SSSR count). The summed E-state index contributed by atoms with van der Waals surface area (Å²) in [6.45, 7) is 8.36. The molecule has 2 saturated heterocycles. The van der Waals surface area contributed by atoms with Crippen molar-refractivity contribution in [2.75, 3.05) is 45.2 Å². The number of rotatable bonds is 4. The van der Waals surface area contributed by atoms with Crippen molar-refractivity contribution in [1.82, 2.24) is 14.8 Å². The van der Waals surface area contributed by atoms with Crippen LogP contribution in [0.1, 0.15) is 43.5 Å². The van der Waals surface area contributed by atoms with Crippen LogP contribution in [0.4, 0.5) is 5.82 Å². The molecule has 0 saturated carbocycles. The molecule has 154 valence electrons. The number of carbonyl (C=O) groups excluding carboxylic acids is 1. The van der Waals surface area contributed by atoms with Gasteiger partial charge in [0.1, 0.15) is 5.82 Å². The molecule has 5 nitrogen and oxygen atoms in total. The van der Waals surface area contributed by atoms with E-state index >= 15 is 0 Å². The third kappa shape index (κ3) is 5.49. The summed E-state index contributed by atoms with van der Waals surface area (Å²) < 4.78 is 0. The van der Waals surface area contributed by atoms with Crippen molar-refractivity contribution in [2.45, 2.75) is 39.2 Å². The largest absolute Gasteiger partial charge is 0.355 e. The quantitative estimate of drug-likeness (QED) is 0.751. The average Bonchev–Trinajstić information content (AvgIpc) is 3.08. The molecule has 3 heterocycles. The number of amides is 1. The molecule has 2 atom stereocenters. The van der Waals surface area contributed by atoms with Crippen molar-refractivity contribution in [3.8, 4) is 0 Å². The van der Waals surface area contributed by atoms with Crippen molar-refractivity contribution >= 4 is 36.5 Å². The first-order valence-corrected chi connectivity index (χ1v) is 9.64. The van der Waals surface area contributed by atoms with Crippen LogP contribution in [0.2, 0.25) is 0 Å². The molecule has 0 bridgehead atoms. The molecule has 27 heavy (non-hydrogen) atoms. The summed E-state index contributed by atoms with van der Waals surface area (Å²) in [5.41, 5.74) is 0.779. The summed E-state index contributed by atoms with van der Waals surface area (Å²) in [7, 11) is 4.32. The highest BCUT2D eigenvalue weighted by molar-refractivity contribution is 5.95. The van der Waals surface area contributed by atoms with Gasteiger partial charge in [-0.15, -0.1) is 24.8 Å². The van der Waals surface area contributed by atoms with Gasteiger partial charge in [-0.05, 0) is 57.3 Å². The van der Waals surface area contributed by atoms with Crippen LogP contribution in [0.15, 0.2) is 18.3 Å². The van der Waals surface area contributed by atoms with Crippen LogP contribution in [0.25, 0.3) is 0 Å². The van der Waals surface area contributed by atoms with Crippen molar-refractivity contribution in [3.63, 3.8) is 0 Å². The van der Waals surface area contributed by atoms with Gasteiger partial charge < -0.3 is 14.7 Å². The predicted octanol–water partition coefficient (Wildman–Crippen LogP) is 3.57. The molecule has 0 aromatic carbocycles. The zero-order valence-corrected chi connectivity index (χ0v) is 18.6. The highest BCUT2D eigenvalue weighted by atomic mass is 35.5. The Balaban J connectivity index is 0.00000182. The van der Waals surface area contributed by atoms with Crippen LogP contribution in [-0.4, -0.2) is 67.0 Å². The molecule has 1 aromatic rings. The van der Waals surface area contributed by atoms with E-state index in [2.05, 4.69) is 42.7 Å². The minimum Gasteiger partial charge on any atom is -0.355 e. The van der Waals surface area contributed by atoms with E-state index in [1.54, 1.807) is 6.20 Å². The van der Waals surface area contributed by atoms with Gasteiger partial charge in [0.05, 0.1) is 0 Å². The number of carbonyl (C=O) groups is 1. The van der Waals surface area contributed by atoms with Gasteiger partial charge in [-0.1, -0.05) is 13.8 Å². The summed E-state index contributed by atoms with van der Waals surface area (Å²) in [5, 5.41) is 0. The fraction of sp³-hybridized carbons (Fsp3) is 0.700. The van der Waals surface area contributed by atoms with E-state index in [9.17, 15) is 4.79 Å². The number of halogens is 2. The van der Waals surface area contributed by atoms with E-state index in [1.807, 2.05) is 17.0 Å². The Labute approximate surface area is 176 Å². The molecule has 1 aromatic heterocycles. The Hall–Kier alpha value is -1.04. The lowest BCUT2D eigenvalue weighted by atomic mass is 9.91. The maximum Gasteiger partial charge on any atom is 0.254 e. The molecular weight excluding hydrogens is 383 g/mol. The van der Waals surface area contributed by atoms with Crippen molar-refractivity contribution in [3.05, 3.63) is 23.9 Å². The Bertz CT molecular complexity index is 589. The van der Waals surface area contributed by atoms with E-state index in [0.29, 0.717) is 17.9 Å². The molecule has 2 fully saturated rings. The fourth-order valence-corrected chi connectivity index (χ4v) is 4.20. The molecule has 7 heteroatoms. The summed E-state index contributed by atoms with van der Waals surface area (Å²) in [6.07, 6.45) is 5.27. The first-order chi connectivity index (χ1) is 12.0. The number of aromatic nitrogens is 1. The lowest BCUT2D eigenvalue weighted by molar-refractivity contribution is 0.0724. The normalized spacial score (nSPS) is 22.6. The number of likely N-dealkylation sites (N-methyl/N-ethyl adjacent to an activating group) is 1. The molecule has 2 aliphatic heterocycles. The lowest BCUT2D eigenvalue weighted by Crippen LogP contribution is -2.37. The van der Waals surface area contributed by atoms with Crippen molar-refractivity contribution in [2.24, 2.45) is 11.8 Å². The number of likely N-dealkylation sites (tertiary alicyclic amines) is 1. The first kappa shape index (κ1) is 24.0. The number of anilines is 1. The number of pyridine rings is 1. The summed E-state index contributed by atoms with van der Waals surface area (Å²) in [4.78, 5) is 24.0. The molecular formula is C20H34Cl2N4O. The average molecular weight is 417 g/mol. The van der Waals surface area contributed by atoms with Crippen LogP contribution in [-0.2, 0) is 0 Å². The summed E-state index contributed by atoms with van der Waals surface area (Å²) in [5.74, 6) is 2.36. The fourth-order valence-electron chi connectivity index (χ4n) is 4.20. The Morgan fingerprint density at radius 3 is 2.37 bits per heavy atom. The summed E-state index contributed by atoms with van der Waals surface area (Å²) in [6, 6.07) is 4.38. The number of hydrogen-bond donors (Lipinski definition) is 0. The lowest BCUT2D eigenvalue weighted by Gasteiger charge is -2.27. The standard InChI is InChI=1S/C20H32N4O.2ClH/c1-15(2)17-13-24(14-18(17)22(3)4)19-12-16(8-9-21-19)20(25)23-10-6-5-7-11-23;;/h8-9,12,15,17-18H,5-7,10-11,13-14H2,1-4H3;2*1H/t17-,18+;;/m1../s1. The monoisotopic (exact) mass is 416 g/mol.